The van der Waals surface area contributed by atoms with Crippen molar-refractivity contribution >= 4 is 0 Å². The van der Waals surface area contributed by atoms with Crippen molar-refractivity contribution in [2.75, 3.05) is 13.2 Å². The minimum absolute atomic E-state index is 0.272. The maximum absolute atomic E-state index is 10.6. The van der Waals surface area contributed by atoms with Crippen LogP contribution in [0.15, 0.2) is 24.0 Å². The highest BCUT2D eigenvalue weighted by molar-refractivity contribution is 5.33. The molecule has 0 bridgehead atoms. The van der Waals surface area contributed by atoms with Gasteiger partial charge < -0.3 is 50.0 Å². The molecule has 142 valence electrons. The van der Waals surface area contributed by atoms with Gasteiger partial charge >= 0.3 is 0 Å². The minimum Gasteiger partial charge on any atom is -0.472 e. The van der Waals surface area contributed by atoms with Gasteiger partial charge in [0.05, 0.1) is 25.4 Å². The molecule has 1 saturated heterocycles. The van der Waals surface area contributed by atoms with Crippen LogP contribution in [0.5, 0.6) is 0 Å². The van der Waals surface area contributed by atoms with E-state index in [1.54, 1.807) is 0 Å². The van der Waals surface area contributed by atoms with Gasteiger partial charge in [0.1, 0.15) is 36.1 Å². The lowest BCUT2D eigenvalue weighted by Crippen LogP contribution is -2.61. The van der Waals surface area contributed by atoms with Crippen LogP contribution in [0, 0.1) is 5.92 Å². The first kappa shape index (κ1) is 18.7. The summed E-state index contributed by atoms with van der Waals surface area (Å²) >= 11 is 0. The fourth-order valence-electron chi connectivity index (χ4n) is 3.39. The van der Waals surface area contributed by atoms with Gasteiger partial charge in [0, 0.05) is 0 Å². The van der Waals surface area contributed by atoms with Crippen LogP contribution in [0.4, 0.5) is 0 Å². The number of hydrogen-bond acceptors (Lipinski definition) is 10. The van der Waals surface area contributed by atoms with Gasteiger partial charge in [-0.15, -0.1) is 0 Å². The molecule has 3 aliphatic rings. The van der Waals surface area contributed by atoms with Crippen LogP contribution in [0.1, 0.15) is 0 Å². The summed E-state index contributed by atoms with van der Waals surface area (Å²) in [5.41, 5.74) is -1.50. The average Bonchev–Trinajstić information content (AvgIpc) is 2.87. The fourth-order valence-corrected chi connectivity index (χ4v) is 3.39. The normalized spacial score (nSPS) is 49.5. The molecule has 9 atom stereocenters. The summed E-state index contributed by atoms with van der Waals surface area (Å²) in [7, 11) is 0. The molecule has 0 aromatic carbocycles. The van der Waals surface area contributed by atoms with Crippen molar-refractivity contribution in [1.29, 1.82) is 0 Å². The number of aliphatic hydroxyl groups excluding tert-OH is 6. The summed E-state index contributed by atoms with van der Waals surface area (Å²) in [6.07, 6.45) is -6.37. The highest BCUT2D eigenvalue weighted by Gasteiger charge is 2.55. The second-order valence-corrected chi connectivity index (χ2v) is 6.35. The number of aliphatic hydroxyl groups is 7. The molecule has 0 spiro atoms. The molecule has 0 unspecified atom stereocenters. The number of hydrogen-bond donors (Lipinski definition) is 7. The van der Waals surface area contributed by atoms with E-state index in [1.807, 2.05) is 0 Å². The van der Waals surface area contributed by atoms with Crippen LogP contribution in [0.2, 0.25) is 0 Å². The second-order valence-electron chi connectivity index (χ2n) is 6.35. The van der Waals surface area contributed by atoms with Crippen molar-refractivity contribution in [1.82, 2.24) is 0 Å². The Balaban J connectivity index is 1.80. The zero-order valence-electron chi connectivity index (χ0n) is 13.1. The maximum atomic E-state index is 10.6. The maximum Gasteiger partial charge on any atom is 0.211 e. The summed E-state index contributed by atoms with van der Waals surface area (Å²) in [6.45, 7) is -1.08. The predicted octanol–water partition coefficient (Wildman–Crippen LogP) is -3.69. The van der Waals surface area contributed by atoms with Crippen molar-refractivity contribution < 1.29 is 50.0 Å². The summed E-state index contributed by atoms with van der Waals surface area (Å²) in [5.74, 6) is -0.982. The molecule has 1 fully saturated rings. The lowest BCUT2D eigenvalue weighted by molar-refractivity contribution is -0.344. The van der Waals surface area contributed by atoms with Gasteiger partial charge in [0.15, 0.2) is 6.29 Å². The fraction of sp³-hybridized carbons (Fsp3) is 0.733. The Morgan fingerprint density at radius 3 is 2.40 bits per heavy atom. The van der Waals surface area contributed by atoms with E-state index in [1.165, 1.54) is 12.2 Å². The lowest BCUT2D eigenvalue weighted by atomic mass is 9.83. The first-order valence-electron chi connectivity index (χ1n) is 7.84. The smallest absolute Gasteiger partial charge is 0.211 e. The monoisotopic (exact) mass is 362 g/mol. The van der Waals surface area contributed by atoms with Gasteiger partial charge in [-0.05, 0) is 11.6 Å². The predicted molar refractivity (Wildman–Crippen MR) is 78.5 cm³/mol. The molecule has 25 heavy (non-hydrogen) atoms. The van der Waals surface area contributed by atoms with E-state index in [2.05, 4.69) is 0 Å². The van der Waals surface area contributed by atoms with Gasteiger partial charge in [0.25, 0.3) is 0 Å². The summed E-state index contributed by atoms with van der Waals surface area (Å²) < 4.78 is 16.0. The number of ether oxygens (including phenoxy) is 3. The number of fused-ring (bicyclic) bond motifs is 1. The zero-order chi connectivity index (χ0) is 18.4. The molecule has 10 heteroatoms. The minimum atomic E-state index is -1.77. The van der Waals surface area contributed by atoms with Crippen molar-refractivity contribution in [2.45, 2.75) is 48.7 Å². The van der Waals surface area contributed by atoms with Gasteiger partial charge in [0.2, 0.25) is 6.29 Å². The SMILES string of the molecule is OCC1=C[C@@H](O)[C@]2(O)C=CO[C@@H](O[C@@H]3O[C@H](CO)[C@@H](O)[C@H](O)[C@H]3O)[C@H]12. The molecule has 0 aromatic rings. The standard InChI is InChI=1S/C15H22O10/c16-4-6-3-8(18)15(22)1-2-23-13(9(6)15)25-14-12(21)11(20)10(19)7(5-17)24-14/h1-3,7-14,16-22H,4-5H2/t7-,8-,9+,10-,11+,12-,13+,14+,15-/m1/s1. The Hall–Kier alpha value is -1.08. The third kappa shape index (κ3) is 2.99. The third-order valence-electron chi connectivity index (χ3n) is 4.86. The third-order valence-corrected chi connectivity index (χ3v) is 4.86. The van der Waals surface area contributed by atoms with E-state index in [0.29, 0.717) is 0 Å². The molecule has 1 aliphatic carbocycles. The first-order valence-corrected chi connectivity index (χ1v) is 7.84. The Labute approximate surface area is 142 Å². The van der Waals surface area contributed by atoms with Crippen LogP contribution < -0.4 is 0 Å². The molecule has 0 aromatic heterocycles. The van der Waals surface area contributed by atoms with E-state index in [4.69, 9.17) is 14.2 Å². The zero-order valence-corrected chi connectivity index (χ0v) is 13.1. The largest absolute Gasteiger partial charge is 0.472 e. The Morgan fingerprint density at radius 2 is 1.76 bits per heavy atom. The molecule has 0 saturated carbocycles. The van der Waals surface area contributed by atoms with Crippen LogP contribution >= 0.6 is 0 Å². The highest BCUT2D eigenvalue weighted by atomic mass is 16.8. The van der Waals surface area contributed by atoms with Crippen molar-refractivity contribution in [3.05, 3.63) is 24.0 Å². The van der Waals surface area contributed by atoms with Crippen LogP contribution in [0.3, 0.4) is 0 Å². The van der Waals surface area contributed by atoms with Crippen LogP contribution in [0.25, 0.3) is 0 Å². The van der Waals surface area contributed by atoms with E-state index >= 15 is 0 Å². The topological polar surface area (TPSA) is 169 Å². The Morgan fingerprint density at radius 1 is 1.04 bits per heavy atom. The van der Waals surface area contributed by atoms with E-state index in [0.717, 1.165) is 6.26 Å². The molecule has 2 aliphatic heterocycles. The van der Waals surface area contributed by atoms with Crippen LogP contribution in [-0.4, -0.2) is 97.7 Å². The highest BCUT2D eigenvalue weighted by Crippen LogP contribution is 2.43. The summed E-state index contributed by atoms with van der Waals surface area (Å²) in [5, 5.41) is 69.0. The molecule has 0 radical (unpaired) electrons. The van der Waals surface area contributed by atoms with E-state index in [9.17, 15) is 35.7 Å². The van der Waals surface area contributed by atoms with E-state index < -0.39 is 67.8 Å². The molecule has 10 nitrogen and oxygen atoms in total. The van der Waals surface area contributed by atoms with Gasteiger partial charge in [-0.1, -0.05) is 6.08 Å². The number of rotatable bonds is 4. The molecule has 2 heterocycles. The second kappa shape index (κ2) is 6.91. The van der Waals surface area contributed by atoms with Gasteiger partial charge in [-0.2, -0.15) is 0 Å². The van der Waals surface area contributed by atoms with Crippen LogP contribution in [-0.2, 0) is 14.2 Å². The first-order chi connectivity index (χ1) is 11.8. The van der Waals surface area contributed by atoms with Gasteiger partial charge in [-0.3, -0.25) is 0 Å². The lowest BCUT2D eigenvalue weighted by Gasteiger charge is -2.44. The molecule has 7 N–H and O–H groups in total. The summed E-state index contributed by atoms with van der Waals surface area (Å²) in [4.78, 5) is 0. The molecular formula is C15H22O10. The Kier molecular flexibility index (Phi) is 5.17. The summed E-state index contributed by atoms with van der Waals surface area (Å²) in [6, 6.07) is 0. The van der Waals surface area contributed by atoms with Crippen molar-refractivity contribution in [2.24, 2.45) is 5.92 Å². The van der Waals surface area contributed by atoms with Gasteiger partial charge in [-0.25, -0.2) is 0 Å². The quantitative estimate of drug-likeness (QED) is 0.247. The van der Waals surface area contributed by atoms with Crippen molar-refractivity contribution in [3.63, 3.8) is 0 Å². The molecule has 3 rings (SSSR count). The average molecular weight is 362 g/mol. The van der Waals surface area contributed by atoms with Crippen molar-refractivity contribution in [3.8, 4) is 0 Å². The molecule has 0 amide bonds. The van der Waals surface area contributed by atoms with E-state index in [-0.39, 0.29) is 5.57 Å². The molecular weight excluding hydrogens is 340 g/mol. The Bertz CT molecular complexity index is 548.